The number of Topliss-reactive ketones (excluding diaryl/α,β-unsaturated/α-hetero) is 1. The number of benzene rings is 2. The molecule has 1 saturated carbocycles. The molecule has 2 aromatic rings. The van der Waals surface area contributed by atoms with Crippen LogP contribution in [-0.4, -0.2) is 31.6 Å². The highest BCUT2D eigenvalue weighted by Crippen LogP contribution is 2.46. The number of hydrogen-bond donors (Lipinski definition) is 0. The van der Waals surface area contributed by atoms with Crippen LogP contribution in [0.2, 0.25) is 0 Å². The smallest absolute Gasteiger partial charge is 0.244 e. The predicted octanol–water partition coefficient (Wildman–Crippen LogP) is 3.47. The lowest BCUT2D eigenvalue weighted by atomic mass is 9.65. The van der Waals surface area contributed by atoms with Crippen molar-refractivity contribution in [3.8, 4) is 6.07 Å². The van der Waals surface area contributed by atoms with Crippen molar-refractivity contribution in [3.05, 3.63) is 77.4 Å². The van der Waals surface area contributed by atoms with Crippen molar-refractivity contribution >= 4 is 15.8 Å². The van der Waals surface area contributed by atoms with Gasteiger partial charge in [0.05, 0.1) is 10.5 Å². The van der Waals surface area contributed by atoms with Gasteiger partial charge in [-0.1, -0.05) is 54.1 Å². The van der Waals surface area contributed by atoms with Crippen molar-refractivity contribution in [2.75, 3.05) is 13.1 Å². The van der Waals surface area contributed by atoms with Gasteiger partial charge in [-0.25, -0.2) is 8.42 Å². The van der Waals surface area contributed by atoms with Gasteiger partial charge in [-0.2, -0.15) is 9.57 Å². The van der Waals surface area contributed by atoms with Crippen molar-refractivity contribution in [3.63, 3.8) is 0 Å². The first-order valence-electron chi connectivity index (χ1n) is 9.69. The number of nitriles is 1. The maximum atomic E-state index is 13.4. The van der Waals surface area contributed by atoms with Gasteiger partial charge in [0.15, 0.2) is 0 Å². The van der Waals surface area contributed by atoms with E-state index in [1.54, 1.807) is 12.1 Å². The lowest BCUT2D eigenvalue weighted by molar-refractivity contribution is -0.120. The van der Waals surface area contributed by atoms with E-state index < -0.39 is 10.0 Å². The van der Waals surface area contributed by atoms with E-state index in [2.05, 4.69) is 0 Å². The number of sulfonamides is 1. The summed E-state index contributed by atoms with van der Waals surface area (Å²) in [6.45, 7) is 0.546. The number of fused-ring (bicyclic) bond motifs is 1. The molecule has 1 heterocycles. The van der Waals surface area contributed by atoms with Crippen LogP contribution in [-0.2, 0) is 21.2 Å². The van der Waals surface area contributed by atoms with Crippen LogP contribution in [0.25, 0.3) is 0 Å². The molecule has 2 aliphatic rings. The second kappa shape index (κ2) is 7.58. The molecule has 0 bridgehead atoms. The van der Waals surface area contributed by atoms with Crippen molar-refractivity contribution in [1.29, 1.82) is 5.26 Å². The van der Waals surface area contributed by atoms with Crippen LogP contribution in [0.5, 0.6) is 0 Å². The summed E-state index contributed by atoms with van der Waals surface area (Å²) in [5.41, 5.74) is 1.95. The monoisotopic (exact) mass is 406 g/mol. The molecular weight excluding hydrogens is 384 g/mol. The van der Waals surface area contributed by atoms with Crippen LogP contribution in [0.1, 0.15) is 30.4 Å². The molecule has 2 aromatic carbocycles. The summed E-state index contributed by atoms with van der Waals surface area (Å²) in [5, 5.41) is 9.36. The van der Waals surface area contributed by atoms with Gasteiger partial charge in [0.25, 0.3) is 0 Å². The van der Waals surface area contributed by atoms with Gasteiger partial charge in [-0.15, -0.1) is 0 Å². The van der Waals surface area contributed by atoms with Crippen molar-refractivity contribution in [1.82, 2.24) is 4.31 Å². The average molecular weight is 407 g/mol. The van der Waals surface area contributed by atoms with Crippen LogP contribution in [0.3, 0.4) is 0 Å². The highest BCUT2D eigenvalue weighted by molar-refractivity contribution is 7.89. The van der Waals surface area contributed by atoms with Gasteiger partial charge in [0.1, 0.15) is 11.9 Å². The summed E-state index contributed by atoms with van der Waals surface area (Å²) in [5.74, 6) is 0.214. The zero-order chi connectivity index (χ0) is 20.5. The molecule has 0 amide bonds. The molecule has 0 saturated heterocycles. The van der Waals surface area contributed by atoms with E-state index in [1.807, 2.05) is 42.5 Å². The van der Waals surface area contributed by atoms with Crippen LogP contribution >= 0.6 is 0 Å². The summed E-state index contributed by atoms with van der Waals surface area (Å²) in [7, 11) is -3.82. The van der Waals surface area contributed by atoms with E-state index in [9.17, 15) is 18.5 Å². The Morgan fingerprint density at radius 2 is 1.79 bits per heavy atom. The van der Waals surface area contributed by atoms with E-state index >= 15 is 0 Å². The maximum absolute atomic E-state index is 13.4. The zero-order valence-electron chi connectivity index (χ0n) is 16.0. The largest absolute Gasteiger partial charge is 0.299 e. The molecule has 1 fully saturated rings. The topological polar surface area (TPSA) is 78.2 Å². The van der Waals surface area contributed by atoms with Gasteiger partial charge < -0.3 is 0 Å². The molecule has 0 aromatic heterocycles. The minimum absolute atomic E-state index is 0.0427. The standard InChI is InChI=1S/C23H22N2O3S/c24-16-19-8-4-5-9-22(19)29(27,28)25-13-11-20-14-21(26)10-12-23(20,17-25)15-18-6-2-1-3-7-18/h1-9,11H,10,12-15,17H2. The second-order valence-corrected chi connectivity index (χ2v) is 9.70. The number of carbonyl (C=O) groups excluding carboxylic acids is 1. The SMILES string of the molecule is N#Cc1ccccc1S(=O)(=O)N1CC=C2CC(=O)CCC2(Cc2ccccc2)C1. The number of nitrogens with zero attached hydrogens (tertiary/aromatic N) is 2. The third-order valence-corrected chi connectivity index (χ3v) is 7.85. The molecule has 1 aliphatic carbocycles. The molecule has 5 nitrogen and oxygen atoms in total. The molecular formula is C23H22N2O3S. The predicted molar refractivity (Wildman–Crippen MR) is 109 cm³/mol. The van der Waals surface area contributed by atoms with Crippen LogP contribution in [0, 0.1) is 16.7 Å². The summed E-state index contributed by atoms with van der Waals surface area (Å²) in [6, 6.07) is 18.3. The molecule has 6 heteroatoms. The Labute approximate surface area is 171 Å². The Morgan fingerprint density at radius 1 is 1.07 bits per heavy atom. The molecule has 1 unspecified atom stereocenters. The van der Waals surface area contributed by atoms with Crippen LogP contribution < -0.4 is 0 Å². The molecule has 1 atom stereocenters. The molecule has 29 heavy (non-hydrogen) atoms. The van der Waals surface area contributed by atoms with Crippen LogP contribution in [0.4, 0.5) is 0 Å². The summed E-state index contributed by atoms with van der Waals surface area (Å²) in [4.78, 5) is 12.1. The number of rotatable bonds is 4. The Kier molecular flexibility index (Phi) is 5.12. The van der Waals surface area contributed by atoms with Crippen molar-refractivity contribution < 1.29 is 13.2 Å². The summed E-state index contributed by atoms with van der Waals surface area (Å²) < 4.78 is 28.2. The quantitative estimate of drug-likeness (QED) is 0.729. The Bertz CT molecular complexity index is 1120. The highest BCUT2D eigenvalue weighted by atomic mass is 32.2. The fourth-order valence-corrected chi connectivity index (χ4v) is 6.07. The van der Waals surface area contributed by atoms with E-state index in [4.69, 9.17) is 0 Å². The summed E-state index contributed by atoms with van der Waals surface area (Å²) >= 11 is 0. The molecule has 0 N–H and O–H groups in total. The molecule has 1 aliphatic heterocycles. The lowest BCUT2D eigenvalue weighted by Crippen LogP contribution is -2.49. The zero-order valence-corrected chi connectivity index (χ0v) is 16.9. The molecule has 148 valence electrons. The maximum Gasteiger partial charge on any atom is 0.244 e. The minimum atomic E-state index is -3.82. The number of ketones is 1. The van der Waals surface area contributed by atoms with Gasteiger partial charge in [0.2, 0.25) is 10.0 Å². The number of carbonyl (C=O) groups is 1. The van der Waals surface area contributed by atoms with Crippen molar-refractivity contribution in [2.45, 2.75) is 30.6 Å². The number of hydrogen-bond acceptors (Lipinski definition) is 4. The van der Waals surface area contributed by atoms with Gasteiger partial charge in [0, 0.05) is 31.3 Å². The van der Waals surface area contributed by atoms with Gasteiger partial charge in [-0.3, -0.25) is 4.79 Å². The molecule has 4 rings (SSSR count). The highest BCUT2D eigenvalue weighted by Gasteiger charge is 2.45. The Balaban J connectivity index is 1.73. The molecule has 0 spiro atoms. The van der Waals surface area contributed by atoms with E-state index in [0.717, 1.165) is 11.1 Å². The first-order chi connectivity index (χ1) is 13.9. The van der Waals surface area contributed by atoms with Gasteiger partial charge in [-0.05, 0) is 30.5 Å². The Morgan fingerprint density at radius 3 is 2.55 bits per heavy atom. The van der Waals surface area contributed by atoms with E-state index in [-0.39, 0.29) is 28.2 Å². The van der Waals surface area contributed by atoms with Gasteiger partial charge >= 0.3 is 0 Å². The first kappa shape index (κ1) is 19.6. The first-order valence-corrected chi connectivity index (χ1v) is 11.1. The van der Waals surface area contributed by atoms with E-state index in [0.29, 0.717) is 32.2 Å². The fourth-order valence-electron chi connectivity index (χ4n) is 4.46. The minimum Gasteiger partial charge on any atom is -0.299 e. The third kappa shape index (κ3) is 3.64. The summed E-state index contributed by atoms with van der Waals surface area (Å²) in [6.07, 6.45) is 4.11. The normalized spacial score (nSPS) is 22.4. The molecule has 0 radical (unpaired) electrons. The van der Waals surface area contributed by atoms with E-state index in [1.165, 1.54) is 16.4 Å². The average Bonchev–Trinajstić information content (AvgIpc) is 2.74. The third-order valence-electron chi connectivity index (χ3n) is 5.98. The second-order valence-electron chi connectivity index (χ2n) is 7.79. The lowest BCUT2D eigenvalue weighted by Gasteiger charge is -2.45. The van der Waals surface area contributed by atoms with Crippen LogP contribution in [0.15, 0.2) is 71.1 Å². The Hall–Kier alpha value is -2.75. The van der Waals surface area contributed by atoms with Crippen molar-refractivity contribution in [2.24, 2.45) is 5.41 Å². The fraction of sp³-hybridized carbons (Fsp3) is 0.304.